The van der Waals surface area contributed by atoms with Crippen molar-refractivity contribution in [3.05, 3.63) is 77.9 Å². The zero-order chi connectivity index (χ0) is 26.5. The van der Waals surface area contributed by atoms with E-state index in [0.29, 0.717) is 47.6 Å². The first-order valence-electron chi connectivity index (χ1n) is 12.7. The maximum absolute atomic E-state index is 12.8. The normalized spacial score (nSPS) is 19.8. The molecule has 9 nitrogen and oxygen atoms in total. The number of carbonyl (C=O) groups is 2. The van der Waals surface area contributed by atoms with Crippen LogP contribution in [0, 0.1) is 17.8 Å². The van der Waals surface area contributed by atoms with Gasteiger partial charge in [-0.1, -0.05) is 24.1 Å². The predicted molar refractivity (Wildman–Crippen MR) is 148 cm³/mol. The first-order valence-corrected chi connectivity index (χ1v) is 12.7. The van der Waals surface area contributed by atoms with E-state index in [1.165, 1.54) is 0 Å². The average Bonchev–Trinajstić information content (AvgIpc) is 3.66. The Bertz CT molecular complexity index is 1380. The fraction of sp³-hybridized carbons (Fsp3) is 0.276. The third-order valence-electron chi connectivity index (χ3n) is 6.71. The average molecular weight is 508 g/mol. The zero-order valence-electron chi connectivity index (χ0n) is 21.0. The van der Waals surface area contributed by atoms with Crippen molar-refractivity contribution in [2.24, 2.45) is 21.6 Å². The Hall–Kier alpha value is -4.71. The monoisotopic (exact) mass is 507 g/mol. The molecule has 0 radical (unpaired) electrons. The second-order valence-corrected chi connectivity index (χ2v) is 9.40. The highest BCUT2D eigenvalue weighted by Gasteiger charge is 2.32. The SMILES string of the molecule is C=N/C(=C1/C(N)=NC=CN1C[C@@H]1CCCN1C(=O)C#CC1CC1)c1ccc(C(=O)Nc2ccccn2)cc1. The molecule has 5 rings (SSSR count). The van der Waals surface area contributed by atoms with Crippen molar-refractivity contribution in [2.45, 2.75) is 31.7 Å². The van der Waals surface area contributed by atoms with Gasteiger partial charge in [0.05, 0.1) is 11.7 Å². The summed E-state index contributed by atoms with van der Waals surface area (Å²) in [5, 5.41) is 2.77. The molecule has 1 saturated carbocycles. The number of aliphatic imine (C=N–C) groups is 2. The van der Waals surface area contributed by atoms with Gasteiger partial charge in [0.15, 0.2) is 0 Å². The van der Waals surface area contributed by atoms with Crippen molar-refractivity contribution in [2.75, 3.05) is 18.4 Å². The summed E-state index contributed by atoms with van der Waals surface area (Å²) >= 11 is 0. The van der Waals surface area contributed by atoms with Gasteiger partial charge in [0.2, 0.25) is 0 Å². The molecule has 1 saturated heterocycles. The molecule has 2 aliphatic heterocycles. The van der Waals surface area contributed by atoms with Crippen molar-refractivity contribution in [3.63, 3.8) is 0 Å². The number of nitrogens with zero attached hydrogens (tertiary/aromatic N) is 5. The third kappa shape index (κ3) is 5.65. The number of likely N-dealkylation sites (tertiary alicyclic amines) is 1. The van der Waals surface area contributed by atoms with Crippen molar-refractivity contribution < 1.29 is 9.59 Å². The number of benzene rings is 1. The van der Waals surface area contributed by atoms with Gasteiger partial charge in [-0.2, -0.15) is 0 Å². The van der Waals surface area contributed by atoms with Gasteiger partial charge in [-0.05, 0) is 62.6 Å². The lowest BCUT2D eigenvalue weighted by molar-refractivity contribution is -0.126. The number of hydrogen-bond donors (Lipinski definition) is 2. The Balaban J connectivity index is 1.36. The van der Waals surface area contributed by atoms with Gasteiger partial charge in [0, 0.05) is 48.7 Å². The number of nitrogens with one attached hydrogen (secondary N) is 1. The first kappa shape index (κ1) is 25.0. The van der Waals surface area contributed by atoms with E-state index in [9.17, 15) is 9.59 Å². The summed E-state index contributed by atoms with van der Waals surface area (Å²) < 4.78 is 0. The Morgan fingerprint density at radius 3 is 2.63 bits per heavy atom. The number of hydrogen-bond acceptors (Lipinski definition) is 7. The number of carbonyl (C=O) groups excluding carboxylic acids is 2. The summed E-state index contributed by atoms with van der Waals surface area (Å²) in [5.41, 5.74) is 8.70. The fourth-order valence-electron chi connectivity index (χ4n) is 4.58. The Kier molecular flexibility index (Phi) is 7.31. The highest BCUT2D eigenvalue weighted by atomic mass is 16.2. The molecule has 0 bridgehead atoms. The highest BCUT2D eigenvalue weighted by molar-refractivity contribution is 6.06. The minimum Gasteiger partial charge on any atom is -0.382 e. The molecular weight excluding hydrogens is 478 g/mol. The number of anilines is 1. The van der Waals surface area contributed by atoms with Crippen molar-refractivity contribution >= 4 is 35.9 Å². The summed E-state index contributed by atoms with van der Waals surface area (Å²) in [6, 6.07) is 12.3. The first-order chi connectivity index (χ1) is 18.5. The van der Waals surface area contributed by atoms with E-state index in [-0.39, 0.29) is 17.9 Å². The maximum Gasteiger partial charge on any atom is 0.298 e. The molecule has 0 spiro atoms. The molecule has 1 aromatic heterocycles. The van der Waals surface area contributed by atoms with Crippen LogP contribution in [0.25, 0.3) is 5.70 Å². The summed E-state index contributed by atoms with van der Waals surface area (Å²) in [6.07, 6.45) is 9.07. The summed E-state index contributed by atoms with van der Waals surface area (Å²) in [5.74, 6) is 6.69. The van der Waals surface area contributed by atoms with Crippen LogP contribution in [0.3, 0.4) is 0 Å². The van der Waals surface area contributed by atoms with E-state index in [2.05, 4.69) is 38.8 Å². The second-order valence-electron chi connectivity index (χ2n) is 9.40. The molecular formula is C29H29N7O2. The van der Waals surface area contributed by atoms with Crippen molar-refractivity contribution in [1.29, 1.82) is 0 Å². The molecule has 3 heterocycles. The zero-order valence-corrected chi connectivity index (χ0v) is 21.0. The number of amidine groups is 1. The number of pyridine rings is 1. The van der Waals surface area contributed by atoms with Crippen LogP contribution in [-0.4, -0.2) is 58.3 Å². The lowest BCUT2D eigenvalue weighted by Gasteiger charge is -2.32. The van der Waals surface area contributed by atoms with Crippen molar-refractivity contribution in [3.8, 4) is 11.8 Å². The molecule has 3 N–H and O–H groups in total. The predicted octanol–water partition coefficient (Wildman–Crippen LogP) is 3.25. The molecule has 2 amide bonds. The molecule has 2 fully saturated rings. The van der Waals surface area contributed by atoms with E-state index >= 15 is 0 Å². The van der Waals surface area contributed by atoms with Crippen molar-refractivity contribution in [1.82, 2.24) is 14.8 Å². The van der Waals surface area contributed by atoms with Gasteiger partial charge >= 0.3 is 0 Å². The van der Waals surface area contributed by atoms with E-state index < -0.39 is 0 Å². The molecule has 9 heteroatoms. The van der Waals surface area contributed by atoms with E-state index in [1.807, 2.05) is 16.0 Å². The molecule has 38 heavy (non-hydrogen) atoms. The summed E-state index contributed by atoms with van der Waals surface area (Å²) in [6.45, 7) is 5.00. The Morgan fingerprint density at radius 1 is 1.13 bits per heavy atom. The molecule has 0 unspecified atom stereocenters. The molecule has 3 aliphatic rings. The van der Waals surface area contributed by atoms with Gasteiger partial charge in [-0.3, -0.25) is 14.6 Å². The summed E-state index contributed by atoms with van der Waals surface area (Å²) in [7, 11) is 0. The van der Waals surface area contributed by atoms with Crippen LogP contribution in [0.2, 0.25) is 0 Å². The molecule has 1 aromatic carbocycles. The third-order valence-corrected chi connectivity index (χ3v) is 6.71. The minimum absolute atomic E-state index is 0.00899. The summed E-state index contributed by atoms with van der Waals surface area (Å²) in [4.78, 5) is 42.0. The van der Waals surface area contributed by atoms with Crippen LogP contribution < -0.4 is 11.1 Å². The van der Waals surface area contributed by atoms with Gasteiger partial charge in [-0.25, -0.2) is 9.98 Å². The van der Waals surface area contributed by atoms with E-state index in [4.69, 9.17) is 5.73 Å². The maximum atomic E-state index is 12.8. The van der Waals surface area contributed by atoms with Crippen LogP contribution in [0.4, 0.5) is 5.82 Å². The van der Waals surface area contributed by atoms with Crippen LogP contribution in [0.1, 0.15) is 41.6 Å². The van der Waals surface area contributed by atoms with E-state index in [0.717, 1.165) is 31.2 Å². The van der Waals surface area contributed by atoms with Crippen LogP contribution in [0.5, 0.6) is 0 Å². The molecule has 1 atom stereocenters. The second kappa shape index (κ2) is 11.1. The minimum atomic E-state index is -0.268. The topological polar surface area (TPSA) is 116 Å². The Morgan fingerprint density at radius 2 is 1.92 bits per heavy atom. The molecule has 1 aliphatic carbocycles. The van der Waals surface area contributed by atoms with Gasteiger partial charge in [0.1, 0.15) is 17.4 Å². The molecule has 2 aromatic rings. The largest absolute Gasteiger partial charge is 0.382 e. The lowest BCUT2D eigenvalue weighted by atomic mass is 10.1. The fourth-order valence-corrected chi connectivity index (χ4v) is 4.58. The Labute approximate surface area is 221 Å². The lowest BCUT2D eigenvalue weighted by Crippen LogP contribution is -2.43. The van der Waals surface area contributed by atoms with Crippen LogP contribution in [0.15, 0.2) is 76.7 Å². The number of amides is 2. The van der Waals surface area contributed by atoms with Crippen LogP contribution >= 0.6 is 0 Å². The number of nitrogens with two attached hydrogens (primary N) is 1. The molecule has 192 valence electrons. The standard InChI is InChI=1S/C29H29N7O2/c1-31-26(21-10-12-22(13-11-21)29(38)34-24-6-2-3-15-32-24)27-28(30)33-16-18-35(27)19-23-5-4-17-36(23)25(37)14-9-20-7-8-20/h2-3,6,10-13,15-16,18,20,23H,1,4-5,7-8,17,19H2,(H2,30,33)(H,32,34,38)/b27-26-/t23-/m0/s1. The quantitative estimate of drug-likeness (QED) is 0.460. The highest BCUT2D eigenvalue weighted by Crippen LogP contribution is 2.29. The number of aromatic nitrogens is 1. The van der Waals surface area contributed by atoms with Gasteiger partial charge in [-0.15, -0.1) is 0 Å². The van der Waals surface area contributed by atoms with E-state index in [1.54, 1.807) is 54.9 Å². The smallest absolute Gasteiger partial charge is 0.298 e. The van der Waals surface area contributed by atoms with Crippen LogP contribution in [-0.2, 0) is 4.79 Å². The number of rotatable bonds is 6. The van der Waals surface area contributed by atoms with Gasteiger partial charge < -0.3 is 20.9 Å². The van der Waals surface area contributed by atoms with Gasteiger partial charge in [0.25, 0.3) is 11.8 Å².